The van der Waals surface area contributed by atoms with Crippen LogP contribution in [-0.2, 0) is 9.47 Å². The molecule has 0 bridgehead atoms. The fourth-order valence-corrected chi connectivity index (χ4v) is 3.26. The normalized spacial score (nSPS) is 20.8. The third-order valence-electron chi connectivity index (χ3n) is 5.07. The van der Waals surface area contributed by atoms with Crippen molar-refractivity contribution in [1.82, 2.24) is 5.32 Å². The molecule has 2 aliphatic rings. The van der Waals surface area contributed by atoms with Crippen molar-refractivity contribution >= 4 is 11.6 Å². The maximum absolute atomic E-state index is 12.5. The Bertz CT molecular complexity index is 794. The SMILES string of the molecule is CC1(COc2ccc(C(=O)Nc3ccc(C4CNCCO4)cc3)cc2)COC1. The molecule has 4 rings (SSSR count). The van der Waals surface area contributed by atoms with Gasteiger partial charge in [0.15, 0.2) is 0 Å². The summed E-state index contributed by atoms with van der Waals surface area (Å²) >= 11 is 0. The van der Waals surface area contributed by atoms with Crippen molar-refractivity contribution in [3.63, 3.8) is 0 Å². The molecule has 0 spiro atoms. The summed E-state index contributed by atoms with van der Waals surface area (Å²) in [5, 5.41) is 6.25. The van der Waals surface area contributed by atoms with Crippen LogP contribution in [0.15, 0.2) is 48.5 Å². The Hall–Kier alpha value is -2.41. The number of amides is 1. The first-order valence-electron chi connectivity index (χ1n) is 9.66. The standard InChI is InChI=1S/C22H26N2O4/c1-22(13-26-14-22)15-28-19-8-4-17(5-9-19)21(25)24-18-6-2-16(3-7-18)20-12-23-10-11-27-20/h2-9,20,23H,10-15H2,1H3,(H,24,25). The number of hydrogen-bond acceptors (Lipinski definition) is 5. The zero-order valence-electron chi connectivity index (χ0n) is 16.1. The maximum Gasteiger partial charge on any atom is 0.255 e. The highest BCUT2D eigenvalue weighted by Crippen LogP contribution is 2.27. The Balaban J connectivity index is 1.31. The van der Waals surface area contributed by atoms with Crippen LogP contribution in [0.3, 0.4) is 0 Å². The molecule has 2 aromatic rings. The zero-order valence-corrected chi connectivity index (χ0v) is 16.1. The van der Waals surface area contributed by atoms with Crippen molar-refractivity contribution in [3.8, 4) is 5.75 Å². The number of carbonyl (C=O) groups excluding carboxylic acids is 1. The fraction of sp³-hybridized carbons (Fsp3) is 0.409. The van der Waals surface area contributed by atoms with E-state index >= 15 is 0 Å². The van der Waals surface area contributed by atoms with Gasteiger partial charge in [-0.2, -0.15) is 0 Å². The van der Waals surface area contributed by atoms with Gasteiger partial charge in [-0.3, -0.25) is 4.79 Å². The summed E-state index contributed by atoms with van der Waals surface area (Å²) in [4.78, 5) is 12.5. The number of morpholine rings is 1. The summed E-state index contributed by atoms with van der Waals surface area (Å²) in [6.45, 7) is 6.64. The average molecular weight is 382 g/mol. The van der Waals surface area contributed by atoms with E-state index in [1.807, 2.05) is 36.4 Å². The summed E-state index contributed by atoms with van der Waals surface area (Å²) < 4.78 is 16.8. The third kappa shape index (κ3) is 4.52. The van der Waals surface area contributed by atoms with Gasteiger partial charge in [0.25, 0.3) is 5.91 Å². The van der Waals surface area contributed by atoms with Gasteiger partial charge in [-0.05, 0) is 42.0 Å². The Kier molecular flexibility index (Phi) is 5.62. The molecule has 2 heterocycles. The fourth-order valence-electron chi connectivity index (χ4n) is 3.26. The summed E-state index contributed by atoms with van der Waals surface area (Å²) in [7, 11) is 0. The highest BCUT2D eigenvalue weighted by atomic mass is 16.5. The van der Waals surface area contributed by atoms with Gasteiger partial charge in [0, 0.05) is 29.8 Å². The van der Waals surface area contributed by atoms with E-state index < -0.39 is 0 Å². The number of carbonyl (C=O) groups is 1. The lowest BCUT2D eigenvalue weighted by atomic mass is 9.90. The molecule has 0 saturated carbocycles. The van der Waals surface area contributed by atoms with E-state index in [0.717, 1.165) is 49.9 Å². The van der Waals surface area contributed by atoms with Gasteiger partial charge in [-0.25, -0.2) is 0 Å². The summed E-state index contributed by atoms with van der Waals surface area (Å²) in [6.07, 6.45) is 0.0693. The van der Waals surface area contributed by atoms with Crippen LogP contribution < -0.4 is 15.4 Å². The van der Waals surface area contributed by atoms with E-state index in [-0.39, 0.29) is 17.4 Å². The molecule has 2 fully saturated rings. The average Bonchev–Trinajstić information content (AvgIpc) is 2.72. The molecule has 0 aliphatic carbocycles. The van der Waals surface area contributed by atoms with Crippen LogP contribution in [0.2, 0.25) is 0 Å². The Morgan fingerprint density at radius 2 is 1.93 bits per heavy atom. The first kappa shape index (κ1) is 18.9. The van der Waals surface area contributed by atoms with Gasteiger partial charge in [-0.1, -0.05) is 19.1 Å². The monoisotopic (exact) mass is 382 g/mol. The molecule has 0 aromatic heterocycles. The van der Waals surface area contributed by atoms with Gasteiger partial charge in [0.2, 0.25) is 0 Å². The van der Waals surface area contributed by atoms with Crippen molar-refractivity contribution in [3.05, 3.63) is 59.7 Å². The van der Waals surface area contributed by atoms with Crippen LogP contribution in [0.4, 0.5) is 5.69 Å². The lowest BCUT2D eigenvalue weighted by Gasteiger charge is -2.37. The number of hydrogen-bond donors (Lipinski definition) is 2. The second-order valence-corrected chi connectivity index (χ2v) is 7.76. The van der Waals surface area contributed by atoms with Gasteiger partial charge in [0.05, 0.1) is 32.5 Å². The first-order chi connectivity index (χ1) is 13.6. The van der Waals surface area contributed by atoms with Crippen molar-refractivity contribution in [2.24, 2.45) is 5.41 Å². The van der Waals surface area contributed by atoms with Crippen LogP contribution in [-0.4, -0.2) is 45.4 Å². The molecule has 28 heavy (non-hydrogen) atoms. The van der Waals surface area contributed by atoms with E-state index in [1.165, 1.54) is 0 Å². The highest BCUT2D eigenvalue weighted by molar-refractivity contribution is 6.04. The molecule has 2 N–H and O–H groups in total. The lowest BCUT2D eigenvalue weighted by molar-refractivity contribution is -0.120. The van der Waals surface area contributed by atoms with E-state index in [1.54, 1.807) is 12.1 Å². The van der Waals surface area contributed by atoms with Crippen molar-refractivity contribution in [2.45, 2.75) is 13.0 Å². The van der Waals surface area contributed by atoms with E-state index in [2.05, 4.69) is 17.6 Å². The number of ether oxygens (including phenoxy) is 3. The predicted octanol–water partition coefficient (Wildman–Crippen LogP) is 3.02. The molecule has 148 valence electrons. The van der Waals surface area contributed by atoms with Crippen LogP contribution in [0.1, 0.15) is 28.9 Å². The Morgan fingerprint density at radius 1 is 1.18 bits per heavy atom. The molecular weight excluding hydrogens is 356 g/mol. The Labute approximate surface area is 165 Å². The van der Waals surface area contributed by atoms with Gasteiger partial charge in [0.1, 0.15) is 5.75 Å². The lowest BCUT2D eigenvalue weighted by Crippen LogP contribution is -2.44. The Morgan fingerprint density at radius 3 is 2.54 bits per heavy atom. The van der Waals surface area contributed by atoms with Crippen LogP contribution in [0.5, 0.6) is 5.75 Å². The van der Waals surface area contributed by atoms with Crippen LogP contribution in [0.25, 0.3) is 0 Å². The highest BCUT2D eigenvalue weighted by Gasteiger charge is 2.34. The number of anilines is 1. The third-order valence-corrected chi connectivity index (χ3v) is 5.07. The van der Waals surface area contributed by atoms with Crippen molar-refractivity contribution in [2.75, 3.05) is 44.8 Å². The topological polar surface area (TPSA) is 68.8 Å². The molecule has 1 atom stereocenters. The zero-order chi connectivity index (χ0) is 19.4. The van der Waals surface area contributed by atoms with Gasteiger partial charge >= 0.3 is 0 Å². The van der Waals surface area contributed by atoms with E-state index in [4.69, 9.17) is 14.2 Å². The predicted molar refractivity (Wildman–Crippen MR) is 107 cm³/mol. The largest absolute Gasteiger partial charge is 0.493 e. The quantitative estimate of drug-likeness (QED) is 0.804. The van der Waals surface area contributed by atoms with E-state index in [0.29, 0.717) is 12.2 Å². The smallest absolute Gasteiger partial charge is 0.255 e. The summed E-state index contributed by atoms with van der Waals surface area (Å²) in [6, 6.07) is 15.0. The number of nitrogens with one attached hydrogen (secondary N) is 2. The van der Waals surface area contributed by atoms with Crippen molar-refractivity contribution < 1.29 is 19.0 Å². The molecule has 2 saturated heterocycles. The summed E-state index contributed by atoms with van der Waals surface area (Å²) in [5.74, 6) is 0.615. The number of rotatable bonds is 6. The molecule has 6 nitrogen and oxygen atoms in total. The second-order valence-electron chi connectivity index (χ2n) is 7.76. The van der Waals surface area contributed by atoms with Crippen LogP contribution in [0, 0.1) is 5.41 Å². The molecule has 6 heteroatoms. The molecular formula is C22H26N2O4. The second kappa shape index (κ2) is 8.31. The molecule has 2 aromatic carbocycles. The maximum atomic E-state index is 12.5. The summed E-state index contributed by atoms with van der Waals surface area (Å²) in [5.41, 5.74) is 2.56. The minimum absolute atomic E-state index is 0.0693. The molecule has 1 amide bonds. The minimum atomic E-state index is -0.144. The van der Waals surface area contributed by atoms with Crippen LogP contribution >= 0.6 is 0 Å². The minimum Gasteiger partial charge on any atom is -0.493 e. The molecule has 2 aliphatic heterocycles. The number of benzene rings is 2. The molecule has 1 unspecified atom stereocenters. The first-order valence-corrected chi connectivity index (χ1v) is 9.66. The van der Waals surface area contributed by atoms with Crippen molar-refractivity contribution in [1.29, 1.82) is 0 Å². The van der Waals surface area contributed by atoms with E-state index in [9.17, 15) is 4.79 Å². The van der Waals surface area contributed by atoms with Gasteiger partial charge < -0.3 is 24.8 Å². The molecule has 0 radical (unpaired) electrons. The van der Waals surface area contributed by atoms with Gasteiger partial charge in [-0.15, -0.1) is 0 Å².